The van der Waals surface area contributed by atoms with Gasteiger partial charge in [-0.3, -0.25) is 0 Å². The van der Waals surface area contributed by atoms with Gasteiger partial charge >= 0.3 is 0 Å². The van der Waals surface area contributed by atoms with E-state index in [1.54, 1.807) is 0 Å². The van der Waals surface area contributed by atoms with Crippen molar-refractivity contribution in [3.8, 4) is 0 Å². The van der Waals surface area contributed by atoms with Crippen LogP contribution in [0.4, 0.5) is 0 Å². The molecule has 0 amide bonds. The fourth-order valence-corrected chi connectivity index (χ4v) is 2.62. The van der Waals surface area contributed by atoms with Gasteiger partial charge in [0.1, 0.15) is 0 Å². The van der Waals surface area contributed by atoms with E-state index in [1.165, 1.54) is 0 Å². The van der Waals surface area contributed by atoms with Crippen molar-refractivity contribution in [1.82, 2.24) is 0 Å². The number of ether oxygens (including phenoxy) is 2. The van der Waals surface area contributed by atoms with Gasteiger partial charge in [0.2, 0.25) is 0 Å². The molecule has 4 heteroatoms. The van der Waals surface area contributed by atoms with Crippen LogP contribution in [0.15, 0.2) is 0 Å². The Balaban J connectivity index is 2.53. The minimum Gasteiger partial charge on any atom is -0.348 e. The van der Waals surface area contributed by atoms with Crippen molar-refractivity contribution in [2.24, 2.45) is 11.7 Å². The molecular formula is C10H21NO2S. The van der Waals surface area contributed by atoms with Crippen LogP contribution in [0.2, 0.25) is 0 Å². The zero-order chi connectivity index (χ0) is 10.8. The first kappa shape index (κ1) is 12.3. The molecule has 14 heavy (non-hydrogen) atoms. The Kier molecular flexibility index (Phi) is 4.25. The summed E-state index contributed by atoms with van der Waals surface area (Å²) < 4.78 is 11.4. The summed E-state index contributed by atoms with van der Waals surface area (Å²) in [6.45, 7) is 6.60. The van der Waals surface area contributed by atoms with Crippen LogP contribution >= 0.6 is 11.8 Å². The molecule has 0 saturated carbocycles. The fraction of sp³-hybridized carbons (Fsp3) is 1.00. The topological polar surface area (TPSA) is 44.5 Å². The van der Waals surface area contributed by atoms with E-state index in [9.17, 15) is 0 Å². The Morgan fingerprint density at radius 1 is 1.57 bits per heavy atom. The van der Waals surface area contributed by atoms with Gasteiger partial charge in [0.25, 0.3) is 0 Å². The van der Waals surface area contributed by atoms with Crippen LogP contribution in [0.3, 0.4) is 0 Å². The second kappa shape index (κ2) is 4.84. The minimum absolute atomic E-state index is 0.150. The SMILES string of the molecule is CSCC(C(C)N)C1COC(C)(C)O1. The lowest BCUT2D eigenvalue weighted by Gasteiger charge is -2.26. The summed E-state index contributed by atoms with van der Waals surface area (Å²) in [4.78, 5) is 0. The summed E-state index contributed by atoms with van der Waals surface area (Å²) in [5, 5.41) is 0. The predicted octanol–water partition coefficient (Wildman–Crippen LogP) is 1.46. The lowest BCUT2D eigenvalue weighted by Crippen LogP contribution is -2.39. The molecule has 0 spiro atoms. The number of hydrogen-bond donors (Lipinski definition) is 1. The summed E-state index contributed by atoms with van der Waals surface area (Å²) in [6, 6.07) is 0.157. The van der Waals surface area contributed by atoms with Crippen LogP contribution in [0.5, 0.6) is 0 Å². The molecule has 0 aromatic rings. The second-order valence-electron chi connectivity index (χ2n) is 4.35. The third-order valence-corrected chi connectivity index (χ3v) is 3.26. The summed E-state index contributed by atoms with van der Waals surface area (Å²) in [5.41, 5.74) is 5.94. The molecule has 1 aliphatic rings. The maximum Gasteiger partial charge on any atom is 0.163 e. The minimum atomic E-state index is -0.434. The van der Waals surface area contributed by atoms with Crippen LogP contribution in [0.1, 0.15) is 20.8 Å². The Morgan fingerprint density at radius 2 is 2.21 bits per heavy atom. The average Bonchev–Trinajstić information content (AvgIpc) is 2.41. The fourth-order valence-electron chi connectivity index (χ4n) is 1.72. The van der Waals surface area contributed by atoms with Crippen molar-refractivity contribution in [2.75, 3.05) is 18.6 Å². The summed E-state index contributed by atoms with van der Waals surface area (Å²) in [5.74, 6) is 0.976. The van der Waals surface area contributed by atoms with E-state index in [0.29, 0.717) is 12.5 Å². The molecule has 1 fully saturated rings. The molecule has 3 nitrogen and oxygen atoms in total. The van der Waals surface area contributed by atoms with Gasteiger partial charge in [0, 0.05) is 12.0 Å². The first-order chi connectivity index (χ1) is 6.46. The van der Waals surface area contributed by atoms with Crippen LogP contribution in [0.25, 0.3) is 0 Å². The first-order valence-electron chi connectivity index (χ1n) is 5.02. The van der Waals surface area contributed by atoms with Gasteiger partial charge in [-0.05, 0) is 32.8 Å². The number of thioether (sulfide) groups is 1. The summed E-state index contributed by atoms with van der Waals surface area (Å²) >= 11 is 1.81. The maximum atomic E-state index is 5.94. The molecule has 84 valence electrons. The van der Waals surface area contributed by atoms with E-state index in [2.05, 4.69) is 6.26 Å². The van der Waals surface area contributed by atoms with Crippen LogP contribution in [-0.2, 0) is 9.47 Å². The van der Waals surface area contributed by atoms with E-state index >= 15 is 0 Å². The van der Waals surface area contributed by atoms with Gasteiger partial charge in [0.15, 0.2) is 5.79 Å². The molecule has 0 aromatic heterocycles. The Hall–Kier alpha value is 0.230. The van der Waals surface area contributed by atoms with Crippen LogP contribution in [-0.4, -0.2) is 36.5 Å². The van der Waals surface area contributed by atoms with E-state index < -0.39 is 5.79 Å². The molecule has 2 N–H and O–H groups in total. The van der Waals surface area contributed by atoms with Crippen molar-refractivity contribution in [3.63, 3.8) is 0 Å². The zero-order valence-corrected chi connectivity index (χ0v) is 10.3. The van der Waals surface area contributed by atoms with Gasteiger partial charge in [-0.25, -0.2) is 0 Å². The third kappa shape index (κ3) is 3.12. The van der Waals surface area contributed by atoms with Crippen molar-refractivity contribution in [3.05, 3.63) is 0 Å². The Bertz CT molecular complexity index is 185. The van der Waals surface area contributed by atoms with Gasteiger partial charge in [-0.2, -0.15) is 11.8 Å². The van der Waals surface area contributed by atoms with Crippen LogP contribution in [0, 0.1) is 5.92 Å². The average molecular weight is 219 g/mol. The lowest BCUT2D eigenvalue weighted by atomic mass is 9.98. The Morgan fingerprint density at radius 3 is 2.57 bits per heavy atom. The van der Waals surface area contributed by atoms with Crippen LogP contribution < -0.4 is 5.73 Å². The summed E-state index contributed by atoms with van der Waals surface area (Å²) in [7, 11) is 0. The molecule has 3 unspecified atom stereocenters. The van der Waals surface area contributed by atoms with E-state index in [4.69, 9.17) is 15.2 Å². The highest BCUT2D eigenvalue weighted by Gasteiger charge is 2.38. The zero-order valence-electron chi connectivity index (χ0n) is 9.45. The Labute approximate surface area is 90.7 Å². The normalized spacial score (nSPS) is 30.2. The highest BCUT2D eigenvalue weighted by Crippen LogP contribution is 2.29. The van der Waals surface area contributed by atoms with Crippen molar-refractivity contribution < 1.29 is 9.47 Å². The molecule has 1 heterocycles. The molecule has 0 aliphatic carbocycles. The molecule has 3 atom stereocenters. The molecule has 0 bridgehead atoms. The first-order valence-corrected chi connectivity index (χ1v) is 6.42. The van der Waals surface area contributed by atoms with Gasteiger partial charge in [-0.1, -0.05) is 0 Å². The standard InChI is InChI=1S/C10H21NO2S/c1-7(11)8(6-14-4)9-5-12-10(2,3)13-9/h7-9H,5-6,11H2,1-4H3. The van der Waals surface area contributed by atoms with Gasteiger partial charge < -0.3 is 15.2 Å². The van der Waals surface area contributed by atoms with Crippen molar-refractivity contribution in [2.45, 2.75) is 38.7 Å². The number of hydrogen-bond acceptors (Lipinski definition) is 4. The van der Waals surface area contributed by atoms with E-state index in [0.717, 1.165) is 5.75 Å². The maximum absolute atomic E-state index is 5.94. The van der Waals surface area contributed by atoms with Gasteiger partial charge in [-0.15, -0.1) is 0 Å². The van der Waals surface area contributed by atoms with Gasteiger partial charge in [0.05, 0.1) is 12.7 Å². The quantitative estimate of drug-likeness (QED) is 0.777. The molecule has 0 radical (unpaired) electrons. The predicted molar refractivity (Wildman–Crippen MR) is 60.4 cm³/mol. The molecular weight excluding hydrogens is 198 g/mol. The summed E-state index contributed by atoms with van der Waals surface area (Å²) in [6.07, 6.45) is 2.24. The lowest BCUT2D eigenvalue weighted by molar-refractivity contribution is -0.144. The molecule has 0 aromatic carbocycles. The highest BCUT2D eigenvalue weighted by molar-refractivity contribution is 7.98. The largest absolute Gasteiger partial charge is 0.348 e. The second-order valence-corrected chi connectivity index (χ2v) is 5.26. The number of nitrogens with two attached hydrogens (primary N) is 1. The molecule has 1 saturated heterocycles. The highest BCUT2D eigenvalue weighted by atomic mass is 32.2. The van der Waals surface area contributed by atoms with E-state index in [1.807, 2.05) is 32.5 Å². The van der Waals surface area contributed by atoms with Crippen molar-refractivity contribution >= 4 is 11.8 Å². The third-order valence-electron chi connectivity index (χ3n) is 2.54. The van der Waals surface area contributed by atoms with Crippen molar-refractivity contribution in [1.29, 1.82) is 0 Å². The number of rotatable bonds is 4. The van der Waals surface area contributed by atoms with E-state index in [-0.39, 0.29) is 12.1 Å². The molecule has 1 aliphatic heterocycles. The monoisotopic (exact) mass is 219 g/mol. The smallest absolute Gasteiger partial charge is 0.163 e. The molecule has 1 rings (SSSR count).